The zero-order valence-electron chi connectivity index (χ0n) is 19.9. The fraction of sp³-hybridized carbons (Fsp3) is 0.269. The number of piperazine rings is 1. The number of nitrogens with one attached hydrogen (secondary N) is 2. The van der Waals surface area contributed by atoms with Gasteiger partial charge in [0.25, 0.3) is 11.8 Å². The number of carboxylic acids is 1. The van der Waals surface area contributed by atoms with Gasteiger partial charge in [-0.1, -0.05) is 60.7 Å². The van der Waals surface area contributed by atoms with Crippen LogP contribution in [0.3, 0.4) is 0 Å². The van der Waals surface area contributed by atoms with E-state index in [-0.39, 0.29) is 0 Å². The lowest BCUT2D eigenvalue weighted by atomic mass is 9.94. The zero-order valence-corrected chi connectivity index (χ0v) is 19.9. The summed E-state index contributed by atoms with van der Waals surface area (Å²) in [4.78, 5) is 64.5. The van der Waals surface area contributed by atoms with E-state index in [1.54, 1.807) is 48.6 Å². The van der Waals surface area contributed by atoms with Crippen molar-refractivity contribution in [2.45, 2.75) is 44.0 Å². The average Bonchev–Trinajstić information content (AvgIpc) is 2.87. The third-order valence-corrected chi connectivity index (χ3v) is 6.34. The van der Waals surface area contributed by atoms with Crippen molar-refractivity contribution >= 4 is 40.7 Å². The fourth-order valence-corrected chi connectivity index (χ4v) is 4.72. The van der Waals surface area contributed by atoms with Crippen LogP contribution in [0.1, 0.15) is 23.7 Å². The number of carbonyl (C=O) groups excluding carboxylic acids is 4. The molecule has 0 spiro atoms. The maximum absolute atomic E-state index is 13.7. The molecule has 3 unspecified atom stereocenters. The van der Waals surface area contributed by atoms with Gasteiger partial charge in [-0.3, -0.25) is 29.4 Å². The highest BCUT2D eigenvalue weighted by Crippen LogP contribution is 2.28. The molecule has 4 rings (SSSR count). The maximum atomic E-state index is 13.7. The summed E-state index contributed by atoms with van der Waals surface area (Å²) in [5.41, 5.74) is 0.295. The molecule has 5 atom stereocenters. The molecule has 11 nitrogen and oxygen atoms in total. The minimum atomic E-state index is -1.78. The third kappa shape index (κ3) is 5.13. The number of aliphatic hydroxyl groups is 1. The second-order valence-electron chi connectivity index (χ2n) is 8.71. The van der Waals surface area contributed by atoms with E-state index in [9.17, 15) is 29.1 Å². The van der Waals surface area contributed by atoms with Crippen molar-refractivity contribution in [3.05, 3.63) is 72.3 Å². The number of fused-ring (bicyclic) bond motifs is 2. The molecule has 2 aromatic carbocycles. The number of aliphatic hydroxyl groups excluding tert-OH is 1. The lowest BCUT2D eigenvalue weighted by molar-refractivity contribution is -0.172. The van der Waals surface area contributed by atoms with Crippen LogP contribution in [0.4, 0.5) is 0 Å². The summed E-state index contributed by atoms with van der Waals surface area (Å²) in [6.45, 7) is 1.27. The van der Waals surface area contributed by atoms with Crippen molar-refractivity contribution in [3.8, 4) is 0 Å². The van der Waals surface area contributed by atoms with Crippen LogP contribution in [-0.2, 0) is 19.2 Å². The Labute approximate surface area is 212 Å². The van der Waals surface area contributed by atoms with E-state index >= 15 is 0 Å². The molecule has 2 aromatic rings. The van der Waals surface area contributed by atoms with Crippen molar-refractivity contribution in [1.29, 1.82) is 0 Å². The quantitative estimate of drug-likeness (QED) is 0.295. The van der Waals surface area contributed by atoms with Gasteiger partial charge >= 0.3 is 5.97 Å². The molecule has 1 fully saturated rings. The van der Waals surface area contributed by atoms with Gasteiger partial charge in [0.2, 0.25) is 5.91 Å². The number of allylic oxidation sites excluding steroid dienone is 2. The standard InChI is InChI=1S/C26H26N4O7/c1-15(32)29-20-11-4-5-12-21(20)30(26(37)27-17(14-31)13-22(33)34)25(36)23(29)28-24(35)19-10-6-8-16-7-2-3-9-18(16)19/h2-12,14,17,20-21,23,26-27,37H,13H2,1H3,(H,28,35)(H,33,34)/t17-,20?,21?,23-,26?/m0/s1. The molecule has 1 aliphatic heterocycles. The van der Waals surface area contributed by atoms with Crippen molar-refractivity contribution in [1.82, 2.24) is 20.4 Å². The number of benzene rings is 2. The predicted octanol–water partition coefficient (Wildman–Crippen LogP) is 0.357. The first-order valence-corrected chi connectivity index (χ1v) is 11.6. The molecule has 4 N–H and O–H groups in total. The van der Waals surface area contributed by atoms with Gasteiger partial charge < -0.3 is 25.2 Å². The Bertz CT molecular complexity index is 1300. The molecule has 1 saturated heterocycles. The van der Waals surface area contributed by atoms with E-state index < -0.39 is 60.8 Å². The van der Waals surface area contributed by atoms with E-state index in [0.29, 0.717) is 17.2 Å². The smallest absolute Gasteiger partial charge is 0.305 e. The number of hydrogen-bond acceptors (Lipinski definition) is 7. The topological polar surface area (TPSA) is 156 Å². The van der Waals surface area contributed by atoms with Crippen LogP contribution in [0.25, 0.3) is 10.8 Å². The van der Waals surface area contributed by atoms with E-state index in [0.717, 1.165) is 10.3 Å². The molecule has 1 aliphatic carbocycles. The molecular formula is C26H26N4O7. The Morgan fingerprint density at radius 1 is 1.05 bits per heavy atom. The fourth-order valence-electron chi connectivity index (χ4n) is 4.72. The van der Waals surface area contributed by atoms with Gasteiger partial charge in [0.1, 0.15) is 6.29 Å². The molecule has 0 bridgehead atoms. The van der Waals surface area contributed by atoms with Crippen molar-refractivity contribution in [2.24, 2.45) is 0 Å². The minimum Gasteiger partial charge on any atom is -0.481 e. The van der Waals surface area contributed by atoms with Crippen LogP contribution in [0, 0.1) is 0 Å². The summed E-state index contributed by atoms with van der Waals surface area (Å²) in [6.07, 6.45) is 3.00. The lowest BCUT2D eigenvalue weighted by Gasteiger charge is -2.51. The van der Waals surface area contributed by atoms with Crippen LogP contribution in [-0.4, -0.2) is 80.6 Å². The Kier molecular flexibility index (Phi) is 7.46. The van der Waals surface area contributed by atoms with Crippen LogP contribution in [0.5, 0.6) is 0 Å². The van der Waals surface area contributed by atoms with Crippen LogP contribution in [0.15, 0.2) is 66.8 Å². The summed E-state index contributed by atoms with van der Waals surface area (Å²) in [7, 11) is 0. The van der Waals surface area contributed by atoms with Crippen LogP contribution >= 0.6 is 0 Å². The Morgan fingerprint density at radius 3 is 2.41 bits per heavy atom. The summed E-state index contributed by atoms with van der Waals surface area (Å²) in [6, 6.07) is 9.49. The van der Waals surface area contributed by atoms with Gasteiger partial charge in [-0.2, -0.15) is 0 Å². The Balaban J connectivity index is 1.69. The van der Waals surface area contributed by atoms with Gasteiger partial charge in [0, 0.05) is 12.5 Å². The summed E-state index contributed by atoms with van der Waals surface area (Å²) in [5.74, 6) is -3.17. The van der Waals surface area contributed by atoms with E-state index in [1.807, 2.05) is 18.2 Å². The first kappa shape index (κ1) is 25.7. The minimum absolute atomic E-state index is 0.295. The molecule has 37 heavy (non-hydrogen) atoms. The first-order chi connectivity index (χ1) is 17.7. The van der Waals surface area contributed by atoms with Crippen molar-refractivity contribution in [2.75, 3.05) is 0 Å². The van der Waals surface area contributed by atoms with Gasteiger partial charge in [-0.25, -0.2) is 0 Å². The summed E-state index contributed by atoms with van der Waals surface area (Å²) >= 11 is 0. The number of carboxylic acid groups (broad SMARTS) is 1. The molecular weight excluding hydrogens is 480 g/mol. The molecule has 3 amide bonds. The molecule has 0 aromatic heterocycles. The number of hydrogen-bond donors (Lipinski definition) is 4. The average molecular weight is 507 g/mol. The second-order valence-corrected chi connectivity index (χ2v) is 8.71. The van der Waals surface area contributed by atoms with E-state index in [4.69, 9.17) is 5.11 Å². The Hall–Kier alpha value is -4.35. The first-order valence-electron chi connectivity index (χ1n) is 11.6. The van der Waals surface area contributed by atoms with E-state index in [2.05, 4.69) is 10.6 Å². The van der Waals surface area contributed by atoms with Crippen LogP contribution in [0.2, 0.25) is 0 Å². The van der Waals surface area contributed by atoms with Gasteiger partial charge in [-0.05, 0) is 16.8 Å². The van der Waals surface area contributed by atoms with Crippen LogP contribution < -0.4 is 10.6 Å². The summed E-state index contributed by atoms with van der Waals surface area (Å²) in [5, 5.41) is 26.5. The molecule has 2 aliphatic rings. The van der Waals surface area contributed by atoms with Gasteiger partial charge in [0.05, 0.1) is 24.5 Å². The SMILES string of the molecule is CC(=O)N1C2C=CC=CC2N(C(O)N[C@H](C=O)CC(=O)O)C(=O)[C@H]1NC(=O)c1cccc2ccccc12. The number of amides is 3. The molecule has 0 radical (unpaired) electrons. The van der Waals surface area contributed by atoms with Gasteiger partial charge in [-0.15, -0.1) is 0 Å². The second kappa shape index (κ2) is 10.7. The number of rotatable bonds is 8. The molecule has 1 heterocycles. The van der Waals surface area contributed by atoms with Crippen molar-refractivity contribution < 1.29 is 34.2 Å². The highest BCUT2D eigenvalue weighted by Gasteiger charge is 2.49. The number of carbonyl (C=O) groups is 5. The largest absolute Gasteiger partial charge is 0.481 e. The highest BCUT2D eigenvalue weighted by atomic mass is 16.4. The van der Waals surface area contributed by atoms with Crippen molar-refractivity contribution in [3.63, 3.8) is 0 Å². The Morgan fingerprint density at radius 2 is 1.73 bits per heavy atom. The lowest BCUT2D eigenvalue weighted by Crippen LogP contribution is -2.74. The monoisotopic (exact) mass is 506 g/mol. The third-order valence-electron chi connectivity index (χ3n) is 6.34. The van der Waals surface area contributed by atoms with Gasteiger partial charge in [0.15, 0.2) is 12.5 Å². The normalized spacial score (nSPS) is 22.3. The number of aliphatic carboxylic acids is 1. The molecule has 0 saturated carbocycles. The predicted molar refractivity (Wildman–Crippen MR) is 132 cm³/mol. The number of aldehydes is 1. The molecule has 11 heteroatoms. The zero-order chi connectivity index (χ0) is 26.7. The number of nitrogens with zero attached hydrogens (tertiary/aromatic N) is 2. The summed E-state index contributed by atoms with van der Waals surface area (Å²) < 4.78 is 0. The molecule has 192 valence electrons. The van der Waals surface area contributed by atoms with E-state index in [1.165, 1.54) is 11.8 Å². The maximum Gasteiger partial charge on any atom is 0.305 e. The highest BCUT2D eigenvalue weighted by molar-refractivity contribution is 6.08.